The molecular formula is C23H27BrN2O3. The first-order valence-electron chi connectivity index (χ1n) is 9.95. The van der Waals surface area contributed by atoms with Gasteiger partial charge in [0.25, 0.3) is 5.91 Å². The fourth-order valence-corrected chi connectivity index (χ4v) is 3.79. The average Bonchev–Trinajstić information content (AvgIpc) is 2.72. The molecule has 0 radical (unpaired) electrons. The van der Waals surface area contributed by atoms with Crippen molar-refractivity contribution in [2.75, 3.05) is 32.8 Å². The molecule has 1 amide bonds. The van der Waals surface area contributed by atoms with E-state index in [9.17, 15) is 9.59 Å². The van der Waals surface area contributed by atoms with Crippen LogP contribution >= 0.6 is 15.9 Å². The SMILES string of the molecule is CC(C)CN1CCO[C@H](CNC(=O)c2ccccc2C(=O)c2ccc(Br)cc2)C1. The van der Waals surface area contributed by atoms with Gasteiger partial charge in [-0.15, -0.1) is 0 Å². The Balaban J connectivity index is 1.65. The third-order valence-electron chi connectivity index (χ3n) is 4.86. The molecule has 0 aromatic heterocycles. The zero-order valence-electron chi connectivity index (χ0n) is 16.9. The van der Waals surface area contributed by atoms with Gasteiger partial charge in [0.05, 0.1) is 18.3 Å². The number of hydrogen-bond acceptors (Lipinski definition) is 4. The zero-order chi connectivity index (χ0) is 20.8. The van der Waals surface area contributed by atoms with Crippen molar-refractivity contribution in [3.05, 3.63) is 69.7 Å². The van der Waals surface area contributed by atoms with Crippen LogP contribution in [0.5, 0.6) is 0 Å². The van der Waals surface area contributed by atoms with E-state index >= 15 is 0 Å². The molecule has 1 atom stereocenters. The van der Waals surface area contributed by atoms with E-state index in [1.165, 1.54) is 0 Å². The highest BCUT2D eigenvalue weighted by Crippen LogP contribution is 2.17. The maximum atomic E-state index is 12.9. The number of nitrogens with one attached hydrogen (secondary N) is 1. The van der Waals surface area contributed by atoms with Gasteiger partial charge in [0.1, 0.15) is 0 Å². The lowest BCUT2D eigenvalue weighted by atomic mass is 9.98. The molecule has 1 fully saturated rings. The van der Waals surface area contributed by atoms with Gasteiger partial charge in [-0.05, 0) is 36.2 Å². The highest BCUT2D eigenvalue weighted by Gasteiger charge is 2.23. The quantitative estimate of drug-likeness (QED) is 0.641. The summed E-state index contributed by atoms with van der Waals surface area (Å²) >= 11 is 3.37. The molecule has 1 N–H and O–H groups in total. The summed E-state index contributed by atoms with van der Waals surface area (Å²) in [6, 6.07) is 14.1. The maximum Gasteiger partial charge on any atom is 0.252 e. The Labute approximate surface area is 180 Å². The fraction of sp³-hybridized carbons (Fsp3) is 0.391. The summed E-state index contributed by atoms with van der Waals surface area (Å²) in [5.41, 5.74) is 1.34. The Morgan fingerprint density at radius 3 is 2.52 bits per heavy atom. The Kier molecular flexibility index (Phi) is 7.58. The molecule has 29 heavy (non-hydrogen) atoms. The van der Waals surface area contributed by atoms with Crippen molar-refractivity contribution in [1.82, 2.24) is 10.2 Å². The van der Waals surface area contributed by atoms with Gasteiger partial charge in [0.2, 0.25) is 0 Å². The van der Waals surface area contributed by atoms with Gasteiger partial charge in [-0.25, -0.2) is 0 Å². The van der Waals surface area contributed by atoms with Crippen LogP contribution in [0, 0.1) is 5.92 Å². The van der Waals surface area contributed by atoms with E-state index in [0.717, 1.165) is 24.1 Å². The van der Waals surface area contributed by atoms with E-state index in [1.807, 2.05) is 12.1 Å². The predicted octanol–water partition coefficient (Wildman–Crippen LogP) is 3.77. The first-order valence-corrected chi connectivity index (χ1v) is 10.7. The molecule has 2 aromatic carbocycles. The highest BCUT2D eigenvalue weighted by atomic mass is 79.9. The van der Waals surface area contributed by atoms with Crippen LogP contribution in [0.25, 0.3) is 0 Å². The van der Waals surface area contributed by atoms with Crippen LogP contribution in [-0.2, 0) is 4.74 Å². The van der Waals surface area contributed by atoms with Gasteiger partial charge in [0, 0.05) is 41.8 Å². The second kappa shape index (κ2) is 10.1. The Bertz CT molecular complexity index is 851. The summed E-state index contributed by atoms with van der Waals surface area (Å²) in [4.78, 5) is 28.1. The molecule has 5 nitrogen and oxygen atoms in total. The lowest BCUT2D eigenvalue weighted by Gasteiger charge is -2.34. The number of nitrogens with zero attached hydrogens (tertiary/aromatic N) is 1. The summed E-state index contributed by atoms with van der Waals surface area (Å²) < 4.78 is 6.71. The van der Waals surface area contributed by atoms with E-state index in [4.69, 9.17) is 4.74 Å². The van der Waals surface area contributed by atoms with Crippen molar-refractivity contribution in [2.45, 2.75) is 20.0 Å². The number of ketones is 1. The normalized spacial score (nSPS) is 17.3. The Morgan fingerprint density at radius 2 is 1.83 bits per heavy atom. The number of benzene rings is 2. The van der Waals surface area contributed by atoms with Gasteiger partial charge in [-0.2, -0.15) is 0 Å². The molecule has 154 valence electrons. The van der Waals surface area contributed by atoms with Crippen LogP contribution in [0.1, 0.15) is 40.1 Å². The van der Waals surface area contributed by atoms with E-state index in [-0.39, 0.29) is 17.8 Å². The van der Waals surface area contributed by atoms with Gasteiger partial charge in [-0.1, -0.05) is 48.0 Å². The number of ether oxygens (including phenoxy) is 1. The predicted molar refractivity (Wildman–Crippen MR) is 117 cm³/mol. The fourth-order valence-electron chi connectivity index (χ4n) is 3.52. The van der Waals surface area contributed by atoms with Gasteiger partial charge in [-0.3, -0.25) is 14.5 Å². The Morgan fingerprint density at radius 1 is 1.14 bits per heavy atom. The molecule has 1 saturated heterocycles. The summed E-state index contributed by atoms with van der Waals surface area (Å²) in [6.45, 7) is 8.25. The largest absolute Gasteiger partial charge is 0.374 e. The van der Waals surface area contributed by atoms with Crippen LogP contribution < -0.4 is 5.32 Å². The molecule has 0 saturated carbocycles. The van der Waals surface area contributed by atoms with Gasteiger partial charge >= 0.3 is 0 Å². The number of carbonyl (C=O) groups is 2. The van der Waals surface area contributed by atoms with Crippen molar-refractivity contribution in [1.29, 1.82) is 0 Å². The molecule has 1 aliphatic heterocycles. The van der Waals surface area contributed by atoms with Crippen molar-refractivity contribution in [3.63, 3.8) is 0 Å². The maximum absolute atomic E-state index is 12.9. The smallest absolute Gasteiger partial charge is 0.252 e. The molecule has 0 spiro atoms. The standard InChI is InChI=1S/C23H27BrN2O3/c1-16(2)14-26-11-12-29-19(15-26)13-25-23(28)21-6-4-3-5-20(21)22(27)17-7-9-18(24)10-8-17/h3-10,16,19H,11-15H2,1-2H3,(H,25,28)/t19-/m1/s1. The minimum Gasteiger partial charge on any atom is -0.374 e. The van der Waals surface area contributed by atoms with Crippen LogP contribution in [0.15, 0.2) is 53.0 Å². The minimum absolute atomic E-state index is 0.0409. The highest BCUT2D eigenvalue weighted by molar-refractivity contribution is 9.10. The average molecular weight is 459 g/mol. The van der Waals surface area contributed by atoms with Crippen molar-refractivity contribution in [2.24, 2.45) is 5.92 Å². The van der Waals surface area contributed by atoms with E-state index in [2.05, 4.69) is 40.0 Å². The molecule has 3 rings (SSSR count). The number of morpholine rings is 1. The second-order valence-corrected chi connectivity index (χ2v) is 8.65. The van der Waals surface area contributed by atoms with E-state index < -0.39 is 0 Å². The van der Waals surface area contributed by atoms with Crippen LogP contribution in [0.3, 0.4) is 0 Å². The topological polar surface area (TPSA) is 58.6 Å². The first kappa shape index (κ1) is 21.7. The van der Waals surface area contributed by atoms with Crippen molar-refractivity contribution < 1.29 is 14.3 Å². The third kappa shape index (κ3) is 5.98. The lowest BCUT2D eigenvalue weighted by molar-refractivity contribution is -0.0295. The molecule has 0 unspecified atom stereocenters. The number of halogens is 1. The summed E-state index contributed by atoms with van der Waals surface area (Å²) in [5.74, 6) is 0.177. The summed E-state index contributed by atoms with van der Waals surface area (Å²) in [6.07, 6.45) is -0.0409. The van der Waals surface area contributed by atoms with E-state index in [1.54, 1.807) is 36.4 Å². The molecule has 1 aliphatic rings. The zero-order valence-corrected chi connectivity index (χ0v) is 18.4. The van der Waals surface area contributed by atoms with Crippen LogP contribution in [-0.4, -0.2) is 55.5 Å². The van der Waals surface area contributed by atoms with Crippen LogP contribution in [0.2, 0.25) is 0 Å². The van der Waals surface area contributed by atoms with Gasteiger partial charge < -0.3 is 10.1 Å². The Hall–Kier alpha value is -2.02. The third-order valence-corrected chi connectivity index (χ3v) is 5.39. The lowest BCUT2D eigenvalue weighted by Crippen LogP contribution is -2.48. The minimum atomic E-state index is -0.254. The summed E-state index contributed by atoms with van der Waals surface area (Å²) in [5, 5.41) is 2.95. The van der Waals surface area contributed by atoms with Gasteiger partial charge in [0.15, 0.2) is 5.78 Å². The molecule has 6 heteroatoms. The molecule has 2 aromatic rings. The van der Waals surface area contributed by atoms with Crippen LogP contribution in [0.4, 0.5) is 0 Å². The molecular weight excluding hydrogens is 432 g/mol. The second-order valence-electron chi connectivity index (χ2n) is 7.74. The molecule has 0 aliphatic carbocycles. The van der Waals surface area contributed by atoms with Crippen molar-refractivity contribution >= 4 is 27.6 Å². The number of rotatable bonds is 7. The summed E-state index contributed by atoms with van der Waals surface area (Å²) in [7, 11) is 0. The first-order chi connectivity index (χ1) is 13.9. The number of amides is 1. The number of hydrogen-bond donors (Lipinski definition) is 1. The van der Waals surface area contributed by atoms with Crippen molar-refractivity contribution in [3.8, 4) is 0 Å². The number of carbonyl (C=O) groups excluding carboxylic acids is 2. The monoisotopic (exact) mass is 458 g/mol. The van der Waals surface area contributed by atoms with E-state index in [0.29, 0.717) is 35.8 Å². The molecule has 0 bridgehead atoms. The molecule has 1 heterocycles.